The topological polar surface area (TPSA) is 64.4 Å². The first kappa shape index (κ1) is 14.3. The highest BCUT2D eigenvalue weighted by Gasteiger charge is 2.13. The van der Waals surface area contributed by atoms with E-state index in [1.165, 1.54) is 17.6 Å². The van der Waals surface area contributed by atoms with Gasteiger partial charge in [-0.25, -0.2) is 4.98 Å². The number of aryl methyl sites for hydroxylation is 1. The Balaban J connectivity index is 1.59. The summed E-state index contributed by atoms with van der Waals surface area (Å²) in [5.41, 5.74) is 1.67. The van der Waals surface area contributed by atoms with E-state index in [4.69, 9.17) is 9.15 Å². The predicted molar refractivity (Wildman–Crippen MR) is 84.3 cm³/mol. The number of anilines is 1. The monoisotopic (exact) mass is 314 g/mol. The summed E-state index contributed by atoms with van der Waals surface area (Å²) >= 11 is 1.38. The van der Waals surface area contributed by atoms with Crippen LogP contribution in [0.5, 0.6) is 5.75 Å². The molecule has 5 nitrogen and oxygen atoms in total. The third kappa shape index (κ3) is 3.53. The van der Waals surface area contributed by atoms with Crippen LogP contribution < -0.4 is 10.1 Å². The normalized spacial score (nSPS) is 10.4. The van der Waals surface area contributed by atoms with Gasteiger partial charge < -0.3 is 9.15 Å². The number of carbonyl (C=O) groups is 1. The Labute approximate surface area is 131 Å². The summed E-state index contributed by atoms with van der Waals surface area (Å²) in [6, 6.07) is 11.1. The van der Waals surface area contributed by atoms with Gasteiger partial charge in [-0.15, -0.1) is 11.3 Å². The molecule has 0 atom stereocenters. The van der Waals surface area contributed by atoms with Crippen molar-refractivity contribution in [3.05, 3.63) is 65.1 Å². The lowest BCUT2D eigenvalue weighted by Crippen LogP contribution is -2.10. The molecule has 22 heavy (non-hydrogen) atoms. The molecule has 0 radical (unpaired) electrons. The van der Waals surface area contributed by atoms with Crippen LogP contribution in [0.15, 0.2) is 52.5 Å². The van der Waals surface area contributed by atoms with Crippen molar-refractivity contribution in [3.8, 4) is 5.75 Å². The summed E-state index contributed by atoms with van der Waals surface area (Å²) in [7, 11) is 0. The van der Waals surface area contributed by atoms with Crippen LogP contribution in [0, 0.1) is 6.92 Å². The van der Waals surface area contributed by atoms with Gasteiger partial charge in [-0.3, -0.25) is 10.1 Å². The quantitative estimate of drug-likeness (QED) is 0.776. The summed E-state index contributed by atoms with van der Waals surface area (Å²) in [5.74, 6) is 0.688. The number of thiazole rings is 1. The van der Waals surface area contributed by atoms with Crippen LogP contribution >= 0.6 is 11.3 Å². The largest absolute Gasteiger partial charge is 0.489 e. The van der Waals surface area contributed by atoms with Gasteiger partial charge in [0, 0.05) is 10.9 Å². The molecule has 2 heterocycles. The molecule has 0 aliphatic carbocycles. The minimum Gasteiger partial charge on any atom is -0.489 e. The third-order valence-corrected chi connectivity index (χ3v) is 3.74. The Morgan fingerprint density at radius 1 is 1.36 bits per heavy atom. The van der Waals surface area contributed by atoms with E-state index in [2.05, 4.69) is 10.3 Å². The van der Waals surface area contributed by atoms with Crippen LogP contribution in [-0.2, 0) is 6.61 Å². The summed E-state index contributed by atoms with van der Waals surface area (Å²) in [6.07, 6.45) is 1.52. The first-order chi connectivity index (χ1) is 10.7. The second-order valence-corrected chi connectivity index (χ2v) is 5.53. The molecular formula is C16H14N2O3S. The third-order valence-electron chi connectivity index (χ3n) is 2.87. The molecule has 0 saturated heterocycles. The number of hydrogen-bond donors (Lipinski definition) is 1. The second kappa shape index (κ2) is 6.44. The molecule has 0 saturated carbocycles. The fourth-order valence-electron chi connectivity index (χ4n) is 1.82. The van der Waals surface area contributed by atoms with Crippen molar-refractivity contribution in [1.82, 2.24) is 4.98 Å². The zero-order chi connectivity index (χ0) is 15.4. The molecule has 2 aromatic heterocycles. The van der Waals surface area contributed by atoms with Crippen molar-refractivity contribution in [3.63, 3.8) is 0 Å². The molecule has 1 N–H and O–H groups in total. The molecule has 0 fully saturated rings. The Morgan fingerprint density at radius 2 is 2.18 bits per heavy atom. The van der Waals surface area contributed by atoms with Crippen molar-refractivity contribution in [1.29, 1.82) is 0 Å². The number of nitrogens with zero attached hydrogens (tertiary/aromatic N) is 1. The maximum Gasteiger partial charge on any atom is 0.293 e. The fourth-order valence-corrected chi connectivity index (χ4v) is 2.51. The van der Waals surface area contributed by atoms with Crippen LogP contribution in [0.2, 0.25) is 0 Å². The summed E-state index contributed by atoms with van der Waals surface area (Å²) < 4.78 is 10.9. The highest BCUT2D eigenvalue weighted by molar-refractivity contribution is 7.13. The van der Waals surface area contributed by atoms with Gasteiger partial charge in [-0.1, -0.05) is 18.2 Å². The van der Waals surface area contributed by atoms with E-state index in [0.29, 0.717) is 11.7 Å². The van der Waals surface area contributed by atoms with Crippen LogP contribution in [0.3, 0.4) is 0 Å². The molecule has 0 aliphatic heterocycles. The average Bonchev–Trinajstić information content (AvgIpc) is 3.15. The number of para-hydroxylation sites is 1. The molecule has 6 heteroatoms. The lowest BCUT2D eigenvalue weighted by Gasteiger charge is -2.02. The number of ether oxygens (including phenoxy) is 1. The van der Waals surface area contributed by atoms with Crippen molar-refractivity contribution in [2.45, 2.75) is 13.5 Å². The maximum absolute atomic E-state index is 12.0. The molecule has 0 spiro atoms. The lowest BCUT2D eigenvalue weighted by atomic mass is 10.3. The van der Waals surface area contributed by atoms with Gasteiger partial charge >= 0.3 is 0 Å². The maximum atomic E-state index is 12.0. The van der Waals surface area contributed by atoms with Crippen molar-refractivity contribution >= 4 is 22.4 Å². The number of rotatable bonds is 5. The number of amides is 1. The van der Waals surface area contributed by atoms with E-state index in [9.17, 15) is 4.79 Å². The molecule has 1 aromatic carbocycles. The number of benzene rings is 1. The Bertz CT molecular complexity index is 765. The number of aromatic nitrogens is 1. The van der Waals surface area contributed by atoms with Crippen molar-refractivity contribution in [2.75, 3.05) is 5.32 Å². The van der Waals surface area contributed by atoms with Crippen LogP contribution in [0.1, 0.15) is 21.8 Å². The lowest BCUT2D eigenvalue weighted by molar-refractivity contribution is 0.0996. The highest BCUT2D eigenvalue weighted by atomic mass is 32.1. The smallest absolute Gasteiger partial charge is 0.293 e. The standard InChI is InChI=1S/C16H14N2O3S/c1-11-10-22-16(17-11)18-15(19)14-7-12(9-21-14)8-20-13-5-3-2-4-6-13/h2-7,9-10H,8H2,1H3,(H,17,18,19). The summed E-state index contributed by atoms with van der Waals surface area (Å²) in [4.78, 5) is 16.2. The van der Waals surface area contributed by atoms with Gasteiger partial charge in [0.2, 0.25) is 0 Å². The van der Waals surface area contributed by atoms with E-state index >= 15 is 0 Å². The van der Waals surface area contributed by atoms with Gasteiger partial charge in [0.1, 0.15) is 12.4 Å². The first-order valence-electron chi connectivity index (χ1n) is 6.69. The Hall–Kier alpha value is -2.60. The molecule has 3 rings (SSSR count). The second-order valence-electron chi connectivity index (χ2n) is 4.67. The molecule has 1 amide bonds. The van der Waals surface area contributed by atoms with Crippen molar-refractivity contribution in [2.24, 2.45) is 0 Å². The number of hydrogen-bond acceptors (Lipinski definition) is 5. The van der Waals surface area contributed by atoms with Gasteiger partial charge in [-0.05, 0) is 25.1 Å². The molecule has 0 unspecified atom stereocenters. The van der Waals surface area contributed by atoms with E-state index in [0.717, 1.165) is 17.0 Å². The van der Waals surface area contributed by atoms with Crippen LogP contribution in [-0.4, -0.2) is 10.9 Å². The Morgan fingerprint density at radius 3 is 2.91 bits per heavy atom. The molecule has 0 aliphatic rings. The van der Waals surface area contributed by atoms with E-state index in [1.54, 1.807) is 6.07 Å². The van der Waals surface area contributed by atoms with Gasteiger partial charge in [-0.2, -0.15) is 0 Å². The summed E-state index contributed by atoms with van der Waals surface area (Å²) in [5, 5.41) is 5.13. The van der Waals surface area contributed by atoms with Crippen LogP contribution in [0.25, 0.3) is 0 Å². The zero-order valence-corrected chi connectivity index (χ0v) is 12.7. The highest BCUT2D eigenvalue weighted by Crippen LogP contribution is 2.17. The minimum absolute atomic E-state index is 0.236. The molecule has 112 valence electrons. The predicted octanol–water partition coefficient (Wildman–Crippen LogP) is 3.88. The van der Waals surface area contributed by atoms with Gasteiger partial charge in [0.15, 0.2) is 10.9 Å². The van der Waals surface area contributed by atoms with E-state index < -0.39 is 0 Å². The fraction of sp³-hybridized carbons (Fsp3) is 0.125. The number of furan rings is 1. The Kier molecular flexibility index (Phi) is 4.20. The van der Waals surface area contributed by atoms with E-state index in [1.807, 2.05) is 42.6 Å². The minimum atomic E-state index is -0.319. The van der Waals surface area contributed by atoms with Gasteiger partial charge in [0.25, 0.3) is 5.91 Å². The van der Waals surface area contributed by atoms with E-state index in [-0.39, 0.29) is 11.7 Å². The summed E-state index contributed by atoms with van der Waals surface area (Å²) in [6.45, 7) is 2.22. The number of nitrogens with one attached hydrogen (secondary N) is 1. The number of carbonyl (C=O) groups excluding carboxylic acids is 1. The van der Waals surface area contributed by atoms with Gasteiger partial charge in [0.05, 0.1) is 12.0 Å². The molecule has 0 bridgehead atoms. The molecule has 3 aromatic rings. The zero-order valence-electron chi connectivity index (χ0n) is 11.9. The average molecular weight is 314 g/mol. The SMILES string of the molecule is Cc1csc(NC(=O)c2cc(COc3ccccc3)co2)n1. The molecular weight excluding hydrogens is 300 g/mol. The van der Waals surface area contributed by atoms with Crippen LogP contribution in [0.4, 0.5) is 5.13 Å². The van der Waals surface area contributed by atoms with Crippen molar-refractivity contribution < 1.29 is 13.9 Å². The first-order valence-corrected chi connectivity index (χ1v) is 7.57.